The monoisotopic (exact) mass is 440 g/mol. The van der Waals surface area contributed by atoms with Gasteiger partial charge in [-0.3, -0.25) is 0 Å². The minimum atomic E-state index is -2.87. The van der Waals surface area contributed by atoms with Gasteiger partial charge >= 0.3 is 0 Å². The highest BCUT2D eigenvalue weighted by atomic mass is 31.2. The number of rotatable bonds is 9. The van der Waals surface area contributed by atoms with Gasteiger partial charge in [-0.2, -0.15) is 0 Å². The van der Waals surface area contributed by atoms with Crippen LogP contribution in [-0.4, -0.2) is 5.66 Å². The van der Waals surface area contributed by atoms with E-state index >= 15 is 0 Å². The molecule has 0 amide bonds. The van der Waals surface area contributed by atoms with Crippen molar-refractivity contribution in [2.45, 2.75) is 31.7 Å². The fraction of sp³-hybridized carbons (Fsp3) is 0.172. The molecule has 0 aromatic heterocycles. The third-order valence-corrected chi connectivity index (χ3v) is 9.50. The Bertz CT molecular complexity index is 1090. The normalized spacial score (nSPS) is 13.4. The largest absolute Gasteiger partial charge is 0.369 e. The van der Waals surface area contributed by atoms with E-state index in [1.807, 2.05) is 97.1 Å². The van der Waals surface area contributed by atoms with Crippen LogP contribution in [0.2, 0.25) is 0 Å². The lowest BCUT2D eigenvalue weighted by Gasteiger charge is -2.29. The summed E-state index contributed by atoms with van der Waals surface area (Å²) in [6.45, 7) is 2.62. The van der Waals surface area contributed by atoms with Crippen molar-refractivity contribution in [2.24, 2.45) is 0 Å². The molecule has 4 aromatic rings. The van der Waals surface area contributed by atoms with Gasteiger partial charge in [0.1, 0.15) is 7.14 Å². The topological polar surface area (TPSA) is 26.3 Å². The van der Waals surface area contributed by atoms with E-state index in [1.54, 1.807) is 0 Å². The molecular weight excluding hydrogens is 411 g/mol. The lowest BCUT2D eigenvalue weighted by molar-refractivity contribution is 0.0339. The third-order valence-electron chi connectivity index (χ3n) is 5.92. The second-order valence-electron chi connectivity index (χ2n) is 8.11. The lowest BCUT2D eigenvalue weighted by atomic mass is 10.0. The molecule has 2 atom stereocenters. The van der Waals surface area contributed by atoms with E-state index in [0.29, 0.717) is 13.0 Å². The summed E-state index contributed by atoms with van der Waals surface area (Å²) >= 11 is 0. The van der Waals surface area contributed by atoms with Gasteiger partial charge in [0.2, 0.25) is 0 Å². The van der Waals surface area contributed by atoms with Crippen LogP contribution in [0.5, 0.6) is 0 Å². The second-order valence-corrected chi connectivity index (χ2v) is 11.3. The molecule has 4 aromatic carbocycles. The van der Waals surface area contributed by atoms with Gasteiger partial charge in [0.15, 0.2) is 0 Å². The first-order valence-corrected chi connectivity index (χ1v) is 12.9. The summed E-state index contributed by atoms with van der Waals surface area (Å²) in [5.74, 6) is 0. The van der Waals surface area contributed by atoms with Crippen molar-refractivity contribution in [3.8, 4) is 0 Å². The molecule has 0 aliphatic carbocycles. The minimum Gasteiger partial charge on any atom is -0.369 e. The molecule has 0 heterocycles. The van der Waals surface area contributed by atoms with E-state index in [1.165, 1.54) is 0 Å². The molecule has 0 aliphatic heterocycles. The van der Waals surface area contributed by atoms with Gasteiger partial charge in [0, 0.05) is 16.3 Å². The van der Waals surface area contributed by atoms with Gasteiger partial charge in [0.25, 0.3) is 0 Å². The molecule has 32 heavy (non-hydrogen) atoms. The molecule has 0 saturated heterocycles. The van der Waals surface area contributed by atoms with Gasteiger partial charge in [0.05, 0.1) is 12.7 Å². The highest BCUT2D eigenvalue weighted by molar-refractivity contribution is 7.79. The van der Waals surface area contributed by atoms with E-state index in [0.717, 1.165) is 21.7 Å². The summed E-state index contributed by atoms with van der Waals surface area (Å²) in [4.78, 5) is 0. The Morgan fingerprint density at radius 2 is 1.09 bits per heavy atom. The average Bonchev–Trinajstić information content (AvgIpc) is 2.88. The van der Waals surface area contributed by atoms with Crippen LogP contribution in [-0.2, 0) is 15.9 Å². The molecular formula is C29H29O2P. The molecule has 4 rings (SSSR count). The zero-order valence-electron chi connectivity index (χ0n) is 18.4. The summed E-state index contributed by atoms with van der Waals surface area (Å²) in [6.07, 6.45) is 0.518. The molecule has 0 aliphatic rings. The molecule has 0 bridgehead atoms. The van der Waals surface area contributed by atoms with Gasteiger partial charge in [-0.15, -0.1) is 0 Å². The van der Waals surface area contributed by atoms with Crippen molar-refractivity contribution in [1.82, 2.24) is 0 Å². The Labute approximate surface area is 191 Å². The van der Waals surface area contributed by atoms with Crippen LogP contribution in [0.25, 0.3) is 0 Å². The zero-order chi connectivity index (χ0) is 22.2. The van der Waals surface area contributed by atoms with Gasteiger partial charge in [-0.25, -0.2) is 0 Å². The van der Waals surface area contributed by atoms with Crippen molar-refractivity contribution in [1.29, 1.82) is 0 Å². The van der Waals surface area contributed by atoms with Crippen LogP contribution < -0.4 is 10.6 Å². The lowest BCUT2D eigenvalue weighted by Crippen LogP contribution is -2.26. The Balaban J connectivity index is 1.65. The van der Waals surface area contributed by atoms with Crippen molar-refractivity contribution in [2.75, 3.05) is 0 Å². The van der Waals surface area contributed by atoms with Crippen LogP contribution in [0, 0.1) is 0 Å². The molecule has 0 radical (unpaired) electrons. The molecule has 0 N–H and O–H groups in total. The maximum atomic E-state index is 14.7. The number of hydrogen-bond acceptors (Lipinski definition) is 2. The van der Waals surface area contributed by atoms with E-state index in [9.17, 15) is 4.57 Å². The molecule has 0 unspecified atom stereocenters. The van der Waals surface area contributed by atoms with E-state index in [2.05, 4.69) is 31.2 Å². The van der Waals surface area contributed by atoms with E-state index < -0.39 is 7.14 Å². The predicted molar refractivity (Wildman–Crippen MR) is 134 cm³/mol. The Morgan fingerprint density at radius 3 is 1.59 bits per heavy atom. The van der Waals surface area contributed by atoms with Crippen LogP contribution in [0.3, 0.4) is 0 Å². The Hall–Kier alpha value is -2.93. The maximum Gasteiger partial charge on any atom is 0.146 e. The first-order valence-electron chi connectivity index (χ1n) is 11.1. The molecule has 3 heteroatoms. The summed E-state index contributed by atoms with van der Waals surface area (Å²) in [5, 5.41) is 1.79. The molecule has 0 saturated carbocycles. The van der Waals surface area contributed by atoms with Crippen molar-refractivity contribution >= 4 is 17.8 Å². The van der Waals surface area contributed by atoms with Gasteiger partial charge in [-0.05, 0) is 17.5 Å². The van der Waals surface area contributed by atoms with Crippen molar-refractivity contribution in [3.63, 3.8) is 0 Å². The van der Waals surface area contributed by atoms with Crippen LogP contribution in [0.4, 0.5) is 0 Å². The van der Waals surface area contributed by atoms with Crippen molar-refractivity contribution < 1.29 is 9.30 Å². The molecule has 162 valence electrons. The van der Waals surface area contributed by atoms with Crippen molar-refractivity contribution in [3.05, 3.63) is 132 Å². The number of ether oxygens (including phenoxy) is 1. The van der Waals surface area contributed by atoms with Crippen LogP contribution >= 0.6 is 7.14 Å². The third kappa shape index (κ3) is 5.10. The quantitative estimate of drug-likeness (QED) is 0.270. The number of hydrogen-bond donors (Lipinski definition) is 0. The first kappa shape index (κ1) is 22.3. The first-order chi connectivity index (χ1) is 15.7. The standard InChI is InChI=1S/C29H29O2P/c1-24(32(30,27-18-10-4-11-19-27)28-20-12-5-13-21-28)22-29(26-16-8-3-9-17-26)31-23-25-14-6-2-7-15-25/h2-21,24,29H,22-23H2,1H3/t24-,29+/m1/s1. The zero-order valence-corrected chi connectivity index (χ0v) is 19.3. The van der Waals surface area contributed by atoms with Crippen LogP contribution in [0.15, 0.2) is 121 Å². The van der Waals surface area contributed by atoms with Gasteiger partial charge < -0.3 is 9.30 Å². The molecule has 2 nitrogen and oxygen atoms in total. The van der Waals surface area contributed by atoms with E-state index in [-0.39, 0.29) is 11.8 Å². The predicted octanol–water partition coefficient (Wildman–Crippen LogP) is 6.74. The van der Waals surface area contributed by atoms with Gasteiger partial charge in [-0.1, -0.05) is 128 Å². The fourth-order valence-corrected chi connectivity index (χ4v) is 7.19. The Morgan fingerprint density at radius 1 is 0.656 bits per heavy atom. The SMILES string of the molecule is C[C@H](C[C@H](OCc1ccccc1)c1ccccc1)P(=O)(c1ccccc1)c1ccccc1. The highest BCUT2D eigenvalue weighted by Gasteiger charge is 2.35. The van der Waals surface area contributed by atoms with E-state index in [4.69, 9.17) is 4.74 Å². The maximum absolute atomic E-state index is 14.7. The minimum absolute atomic E-state index is 0.0896. The summed E-state index contributed by atoms with van der Waals surface area (Å²) in [5.41, 5.74) is 2.16. The second kappa shape index (κ2) is 10.6. The number of benzene rings is 4. The smallest absolute Gasteiger partial charge is 0.146 e. The highest BCUT2D eigenvalue weighted by Crippen LogP contribution is 2.51. The summed E-state index contributed by atoms with van der Waals surface area (Å²) in [7, 11) is -2.87. The molecule has 0 fully saturated rings. The van der Waals surface area contributed by atoms with Crippen LogP contribution in [0.1, 0.15) is 30.6 Å². The summed E-state index contributed by atoms with van der Waals surface area (Å²) in [6, 6.07) is 40.3. The Kier molecular flexibility index (Phi) is 7.37. The summed E-state index contributed by atoms with van der Waals surface area (Å²) < 4.78 is 21.1. The molecule has 0 spiro atoms. The fourth-order valence-electron chi connectivity index (χ4n) is 4.15. The average molecular weight is 441 g/mol.